The number of anilines is 1. The van der Waals surface area contributed by atoms with Crippen molar-refractivity contribution in [3.05, 3.63) is 28.3 Å². The number of sulfone groups is 1. The Kier molecular flexibility index (Phi) is 5.10. The van der Waals surface area contributed by atoms with Gasteiger partial charge in [0.1, 0.15) is 10.6 Å². The van der Waals surface area contributed by atoms with Gasteiger partial charge in [0.05, 0.1) is 4.92 Å². The maximum Gasteiger partial charge on any atom is 0.311 e. The normalized spacial score (nSPS) is 11.7. The lowest BCUT2D eigenvalue weighted by Crippen LogP contribution is -2.21. The molecule has 0 saturated heterocycles. The maximum atomic E-state index is 11.7. The Morgan fingerprint density at radius 3 is 2.40 bits per heavy atom. The summed E-state index contributed by atoms with van der Waals surface area (Å²) in [4.78, 5) is 12.1. The van der Waals surface area contributed by atoms with Gasteiger partial charge in [0, 0.05) is 19.8 Å². The van der Waals surface area contributed by atoms with Crippen LogP contribution in [0.5, 0.6) is 0 Å². The number of para-hydroxylation sites is 1. The van der Waals surface area contributed by atoms with Gasteiger partial charge in [-0.15, -0.1) is 0 Å². The first kappa shape index (κ1) is 16.4. The molecule has 0 heterocycles. The molecule has 6 nitrogen and oxygen atoms in total. The zero-order valence-electron chi connectivity index (χ0n) is 12.2. The topological polar surface area (TPSA) is 80.5 Å². The van der Waals surface area contributed by atoms with Gasteiger partial charge in [0.15, 0.2) is 9.84 Å². The van der Waals surface area contributed by atoms with Crippen molar-refractivity contribution < 1.29 is 13.3 Å². The number of hydrogen-bond acceptors (Lipinski definition) is 5. The number of nitrogens with zero attached hydrogens (tertiary/aromatic N) is 2. The highest BCUT2D eigenvalue weighted by Gasteiger charge is 2.27. The molecule has 0 aromatic heterocycles. The predicted molar refractivity (Wildman–Crippen MR) is 78.9 cm³/mol. The predicted octanol–water partition coefficient (Wildman–Crippen LogP) is 2.48. The van der Waals surface area contributed by atoms with Gasteiger partial charge < -0.3 is 4.90 Å². The fourth-order valence-electron chi connectivity index (χ4n) is 1.87. The molecule has 0 spiro atoms. The summed E-state index contributed by atoms with van der Waals surface area (Å²) in [5, 5.41) is 11.2. The van der Waals surface area contributed by atoms with E-state index >= 15 is 0 Å². The first-order valence-electron chi connectivity index (χ1n) is 6.33. The molecule has 0 aliphatic rings. The van der Waals surface area contributed by atoms with Crippen molar-refractivity contribution in [3.63, 3.8) is 0 Å². The summed E-state index contributed by atoms with van der Waals surface area (Å²) in [6.07, 6.45) is 1.85. The standard InChI is InChI=1S/C13H20N2O4S/c1-10(2)8-9-14(3)11-6-5-7-12(20(4,18)19)13(11)15(16)17/h5-7,10H,8-9H2,1-4H3. The third-order valence-electron chi connectivity index (χ3n) is 3.01. The van der Waals surface area contributed by atoms with E-state index in [2.05, 4.69) is 13.8 Å². The highest BCUT2D eigenvalue weighted by atomic mass is 32.2. The molecule has 0 atom stereocenters. The first-order chi connectivity index (χ1) is 9.14. The van der Waals surface area contributed by atoms with Gasteiger partial charge in [-0.2, -0.15) is 0 Å². The number of nitro benzene ring substituents is 1. The second kappa shape index (κ2) is 6.21. The number of rotatable bonds is 6. The molecule has 0 N–H and O–H groups in total. The van der Waals surface area contributed by atoms with Crippen molar-refractivity contribution in [1.29, 1.82) is 0 Å². The minimum atomic E-state index is -3.63. The van der Waals surface area contributed by atoms with E-state index in [4.69, 9.17) is 0 Å². The average molecular weight is 300 g/mol. The Bertz CT molecular complexity index is 596. The lowest BCUT2D eigenvalue weighted by atomic mass is 10.1. The van der Waals surface area contributed by atoms with Gasteiger partial charge in [-0.05, 0) is 24.5 Å². The highest BCUT2D eigenvalue weighted by Crippen LogP contribution is 2.34. The van der Waals surface area contributed by atoms with Crippen molar-refractivity contribution in [2.45, 2.75) is 25.2 Å². The maximum absolute atomic E-state index is 11.7. The molecule has 0 radical (unpaired) electrons. The highest BCUT2D eigenvalue weighted by molar-refractivity contribution is 7.90. The minimum Gasteiger partial charge on any atom is -0.369 e. The largest absolute Gasteiger partial charge is 0.369 e. The molecule has 1 rings (SSSR count). The Hall–Kier alpha value is -1.63. The van der Waals surface area contributed by atoms with Gasteiger partial charge in [0.25, 0.3) is 0 Å². The number of nitro groups is 1. The van der Waals surface area contributed by atoms with Crippen LogP contribution in [-0.4, -0.2) is 33.2 Å². The van der Waals surface area contributed by atoms with Gasteiger partial charge >= 0.3 is 5.69 Å². The van der Waals surface area contributed by atoms with Crippen molar-refractivity contribution >= 4 is 21.2 Å². The molecular weight excluding hydrogens is 280 g/mol. The van der Waals surface area contributed by atoms with Gasteiger partial charge in [-0.1, -0.05) is 19.9 Å². The van der Waals surface area contributed by atoms with E-state index in [1.165, 1.54) is 12.1 Å². The quantitative estimate of drug-likeness (QED) is 0.595. The van der Waals surface area contributed by atoms with E-state index < -0.39 is 14.8 Å². The molecule has 0 saturated carbocycles. The lowest BCUT2D eigenvalue weighted by molar-refractivity contribution is -0.387. The van der Waals surface area contributed by atoms with E-state index in [1.807, 2.05) is 0 Å². The summed E-state index contributed by atoms with van der Waals surface area (Å²) in [5.74, 6) is 0.467. The van der Waals surface area contributed by atoms with Gasteiger partial charge in [0.2, 0.25) is 0 Å². The van der Waals surface area contributed by atoms with Crippen LogP contribution in [0.15, 0.2) is 23.1 Å². The Morgan fingerprint density at radius 1 is 1.35 bits per heavy atom. The van der Waals surface area contributed by atoms with Crippen LogP contribution in [0.4, 0.5) is 11.4 Å². The summed E-state index contributed by atoms with van der Waals surface area (Å²) in [6, 6.07) is 4.38. The minimum absolute atomic E-state index is 0.239. The third-order valence-corrected chi connectivity index (χ3v) is 4.14. The zero-order valence-corrected chi connectivity index (χ0v) is 13.0. The van der Waals surface area contributed by atoms with Crippen LogP contribution >= 0.6 is 0 Å². The fraction of sp³-hybridized carbons (Fsp3) is 0.538. The second-order valence-corrected chi connectivity index (χ2v) is 7.24. The van der Waals surface area contributed by atoms with Crippen LogP contribution in [0.3, 0.4) is 0 Å². The molecule has 20 heavy (non-hydrogen) atoms. The summed E-state index contributed by atoms with van der Waals surface area (Å²) >= 11 is 0. The van der Waals surface area contributed by atoms with Crippen molar-refractivity contribution in [3.8, 4) is 0 Å². The van der Waals surface area contributed by atoms with Crippen molar-refractivity contribution in [2.75, 3.05) is 24.7 Å². The van der Waals surface area contributed by atoms with E-state index in [0.29, 0.717) is 18.2 Å². The zero-order chi connectivity index (χ0) is 15.5. The number of benzene rings is 1. The molecule has 0 aliphatic heterocycles. The molecule has 0 bridgehead atoms. The van der Waals surface area contributed by atoms with Crippen LogP contribution in [0.1, 0.15) is 20.3 Å². The van der Waals surface area contributed by atoms with Gasteiger partial charge in [-0.3, -0.25) is 10.1 Å². The van der Waals surface area contributed by atoms with Crippen molar-refractivity contribution in [2.24, 2.45) is 5.92 Å². The molecule has 1 aromatic carbocycles. The molecule has 0 aliphatic carbocycles. The van der Waals surface area contributed by atoms with E-state index in [-0.39, 0.29) is 10.6 Å². The average Bonchev–Trinajstić information content (AvgIpc) is 2.33. The summed E-state index contributed by atoms with van der Waals surface area (Å²) in [5.41, 5.74) is -0.0140. The molecular formula is C13H20N2O4S. The molecule has 112 valence electrons. The van der Waals surface area contributed by atoms with Gasteiger partial charge in [-0.25, -0.2) is 8.42 Å². The smallest absolute Gasteiger partial charge is 0.311 e. The molecule has 0 amide bonds. The molecule has 7 heteroatoms. The SMILES string of the molecule is CC(C)CCN(C)c1cccc(S(C)(=O)=O)c1[N+](=O)[O-]. The third kappa shape index (κ3) is 3.93. The van der Waals surface area contributed by atoms with Crippen molar-refractivity contribution in [1.82, 2.24) is 0 Å². The van der Waals surface area contributed by atoms with Crippen LogP contribution in [0, 0.1) is 16.0 Å². The summed E-state index contributed by atoms with van der Waals surface area (Å²) < 4.78 is 23.4. The second-order valence-electron chi connectivity index (χ2n) is 5.26. The fourth-order valence-corrected chi connectivity index (χ4v) is 2.73. The molecule has 0 fully saturated rings. The molecule has 1 aromatic rings. The summed E-state index contributed by atoms with van der Waals surface area (Å²) in [7, 11) is -1.90. The van der Waals surface area contributed by atoms with E-state index in [0.717, 1.165) is 12.7 Å². The first-order valence-corrected chi connectivity index (χ1v) is 8.22. The number of hydrogen-bond donors (Lipinski definition) is 0. The Morgan fingerprint density at radius 2 is 1.95 bits per heavy atom. The lowest BCUT2D eigenvalue weighted by Gasteiger charge is -2.20. The Balaban J connectivity index is 3.30. The van der Waals surface area contributed by atoms with Crippen LogP contribution < -0.4 is 4.90 Å². The van der Waals surface area contributed by atoms with Crippen LogP contribution in [-0.2, 0) is 9.84 Å². The van der Waals surface area contributed by atoms with Crippen LogP contribution in [0.25, 0.3) is 0 Å². The Labute approximate surface area is 119 Å². The monoisotopic (exact) mass is 300 g/mol. The summed E-state index contributed by atoms with van der Waals surface area (Å²) in [6.45, 7) is 4.76. The molecule has 0 unspecified atom stereocenters. The van der Waals surface area contributed by atoms with E-state index in [1.54, 1.807) is 18.0 Å². The van der Waals surface area contributed by atoms with Crippen LogP contribution in [0.2, 0.25) is 0 Å². The van der Waals surface area contributed by atoms with E-state index in [9.17, 15) is 18.5 Å².